The maximum absolute atomic E-state index is 11.7. The Labute approximate surface area is 155 Å². The van der Waals surface area contributed by atoms with E-state index >= 15 is 0 Å². The second-order valence-corrected chi connectivity index (χ2v) is 7.54. The number of ketones is 1. The SMILES string of the molecule is O=C1CC(=O)C(Cc2ccc(OCC(O)c3ccc(Cl)cc3)cc2)S1. The number of halogens is 1. The number of ether oxygens (including phenoxy) is 1. The number of aliphatic hydroxyl groups is 1. The molecule has 0 spiro atoms. The lowest BCUT2D eigenvalue weighted by molar-refractivity contribution is -0.121. The lowest BCUT2D eigenvalue weighted by atomic mass is 10.1. The summed E-state index contributed by atoms with van der Waals surface area (Å²) in [5.41, 5.74) is 1.72. The van der Waals surface area contributed by atoms with Gasteiger partial charge >= 0.3 is 0 Å². The zero-order valence-corrected chi connectivity index (χ0v) is 14.9. The van der Waals surface area contributed by atoms with Crippen molar-refractivity contribution in [3.05, 3.63) is 64.7 Å². The molecule has 1 saturated heterocycles. The Balaban J connectivity index is 1.53. The van der Waals surface area contributed by atoms with Gasteiger partial charge in [0.15, 0.2) is 10.9 Å². The van der Waals surface area contributed by atoms with Crippen LogP contribution >= 0.6 is 23.4 Å². The molecular formula is C19H17ClO4S. The topological polar surface area (TPSA) is 63.6 Å². The molecule has 0 radical (unpaired) electrons. The summed E-state index contributed by atoms with van der Waals surface area (Å²) in [4.78, 5) is 23.0. The Morgan fingerprint density at radius 1 is 1.12 bits per heavy atom. The van der Waals surface area contributed by atoms with Crippen LogP contribution in [0.2, 0.25) is 5.02 Å². The van der Waals surface area contributed by atoms with Crippen molar-refractivity contribution in [2.24, 2.45) is 0 Å². The van der Waals surface area contributed by atoms with Crippen molar-refractivity contribution in [1.82, 2.24) is 0 Å². The van der Waals surface area contributed by atoms with Crippen LogP contribution in [0.1, 0.15) is 23.7 Å². The van der Waals surface area contributed by atoms with Crippen LogP contribution in [-0.4, -0.2) is 27.9 Å². The van der Waals surface area contributed by atoms with E-state index in [-0.39, 0.29) is 29.2 Å². The van der Waals surface area contributed by atoms with Gasteiger partial charge in [0.25, 0.3) is 0 Å². The summed E-state index contributed by atoms with van der Waals surface area (Å²) in [7, 11) is 0. The minimum absolute atomic E-state index is 0.00131. The van der Waals surface area contributed by atoms with Crippen LogP contribution in [0.5, 0.6) is 5.75 Å². The van der Waals surface area contributed by atoms with E-state index < -0.39 is 6.10 Å². The molecule has 0 saturated carbocycles. The van der Waals surface area contributed by atoms with Crippen LogP contribution in [0.25, 0.3) is 0 Å². The maximum atomic E-state index is 11.7. The van der Waals surface area contributed by atoms with E-state index in [2.05, 4.69) is 0 Å². The Morgan fingerprint density at radius 2 is 1.80 bits per heavy atom. The van der Waals surface area contributed by atoms with Crippen LogP contribution in [0.3, 0.4) is 0 Å². The Kier molecular flexibility index (Phi) is 5.78. The molecule has 130 valence electrons. The monoisotopic (exact) mass is 376 g/mol. The van der Waals surface area contributed by atoms with E-state index in [1.807, 2.05) is 12.1 Å². The predicted octanol–water partition coefficient (Wildman–Crippen LogP) is 3.60. The van der Waals surface area contributed by atoms with Gasteiger partial charge in [-0.05, 0) is 41.8 Å². The van der Waals surface area contributed by atoms with Gasteiger partial charge in [0.1, 0.15) is 18.5 Å². The largest absolute Gasteiger partial charge is 0.491 e. The first-order valence-electron chi connectivity index (χ1n) is 7.89. The number of benzene rings is 2. The van der Waals surface area contributed by atoms with Gasteiger partial charge in [-0.3, -0.25) is 9.59 Å². The van der Waals surface area contributed by atoms with Gasteiger partial charge < -0.3 is 9.84 Å². The van der Waals surface area contributed by atoms with Crippen molar-refractivity contribution in [3.8, 4) is 5.75 Å². The van der Waals surface area contributed by atoms with E-state index in [1.165, 1.54) is 0 Å². The van der Waals surface area contributed by atoms with Crippen LogP contribution < -0.4 is 4.74 Å². The number of carbonyl (C=O) groups is 2. The van der Waals surface area contributed by atoms with Crippen molar-refractivity contribution >= 4 is 34.3 Å². The molecule has 0 aromatic heterocycles. The minimum atomic E-state index is -0.740. The minimum Gasteiger partial charge on any atom is -0.491 e. The molecule has 0 aliphatic carbocycles. The third kappa shape index (κ3) is 4.84. The first kappa shape index (κ1) is 18.0. The van der Waals surface area contributed by atoms with Gasteiger partial charge in [0.2, 0.25) is 0 Å². The predicted molar refractivity (Wildman–Crippen MR) is 98.1 cm³/mol. The second kappa shape index (κ2) is 8.04. The number of rotatable bonds is 6. The molecule has 0 bridgehead atoms. The van der Waals surface area contributed by atoms with Crippen molar-refractivity contribution < 1.29 is 19.4 Å². The van der Waals surface area contributed by atoms with Crippen LogP contribution in [-0.2, 0) is 16.0 Å². The third-order valence-corrected chi connectivity index (χ3v) is 5.33. The zero-order chi connectivity index (χ0) is 17.8. The zero-order valence-electron chi connectivity index (χ0n) is 13.4. The molecule has 1 N–H and O–H groups in total. The number of carbonyl (C=O) groups excluding carboxylic acids is 2. The van der Waals surface area contributed by atoms with Gasteiger partial charge in [-0.2, -0.15) is 0 Å². The molecule has 25 heavy (non-hydrogen) atoms. The summed E-state index contributed by atoms with van der Waals surface area (Å²) in [6, 6.07) is 14.3. The molecule has 1 aliphatic heterocycles. The van der Waals surface area contributed by atoms with Gasteiger partial charge in [-0.25, -0.2) is 0 Å². The fraction of sp³-hybridized carbons (Fsp3) is 0.263. The summed E-state index contributed by atoms with van der Waals surface area (Å²) in [5, 5.41) is 10.4. The highest BCUT2D eigenvalue weighted by atomic mass is 35.5. The molecule has 2 aromatic rings. The van der Waals surface area contributed by atoms with Crippen molar-refractivity contribution in [2.75, 3.05) is 6.61 Å². The van der Waals surface area contributed by atoms with E-state index in [4.69, 9.17) is 16.3 Å². The van der Waals surface area contributed by atoms with Crippen LogP contribution in [0, 0.1) is 0 Å². The average Bonchev–Trinajstić information content (AvgIpc) is 2.92. The molecule has 6 heteroatoms. The number of Topliss-reactive ketones (excluding diaryl/α,β-unsaturated/α-hetero) is 1. The maximum Gasteiger partial charge on any atom is 0.197 e. The molecule has 1 aliphatic rings. The molecule has 4 nitrogen and oxygen atoms in total. The lowest BCUT2D eigenvalue weighted by Crippen LogP contribution is -2.13. The third-order valence-electron chi connectivity index (χ3n) is 3.96. The van der Waals surface area contributed by atoms with Crippen molar-refractivity contribution in [1.29, 1.82) is 0 Å². The van der Waals surface area contributed by atoms with E-state index in [1.54, 1.807) is 36.4 Å². The number of aliphatic hydroxyl groups excluding tert-OH is 1. The fourth-order valence-corrected chi connectivity index (χ4v) is 3.73. The molecular weight excluding hydrogens is 360 g/mol. The van der Waals surface area contributed by atoms with E-state index in [0.717, 1.165) is 22.9 Å². The first-order valence-corrected chi connectivity index (χ1v) is 9.14. The van der Waals surface area contributed by atoms with Crippen LogP contribution in [0.15, 0.2) is 48.5 Å². The molecule has 2 atom stereocenters. The highest BCUT2D eigenvalue weighted by Crippen LogP contribution is 2.28. The van der Waals surface area contributed by atoms with Crippen molar-refractivity contribution in [3.63, 3.8) is 0 Å². The molecule has 3 rings (SSSR count). The van der Waals surface area contributed by atoms with E-state index in [9.17, 15) is 14.7 Å². The molecule has 1 fully saturated rings. The second-order valence-electron chi connectivity index (χ2n) is 5.85. The molecule has 2 unspecified atom stereocenters. The van der Waals surface area contributed by atoms with Crippen LogP contribution in [0.4, 0.5) is 0 Å². The van der Waals surface area contributed by atoms with Gasteiger partial charge in [-0.15, -0.1) is 0 Å². The van der Waals surface area contributed by atoms with Gasteiger partial charge in [0, 0.05) is 5.02 Å². The molecule has 1 heterocycles. The first-order chi connectivity index (χ1) is 12.0. The summed E-state index contributed by atoms with van der Waals surface area (Å²) in [6.07, 6.45) is -0.155. The lowest BCUT2D eigenvalue weighted by Gasteiger charge is -2.13. The normalized spacial score (nSPS) is 18.4. The Morgan fingerprint density at radius 3 is 2.40 bits per heavy atom. The number of thioether (sulfide) groups is 1. The fourth-order valence-electron chi connectivity index (χ4n) is 2.57. The quantitative estimate of drug-likeness (QED) is 0.780. The highest BCUT2D eigenvalue weighted by Gasteiger charge is 2.31. The van der Waals surface area contributed by atoms with E-state index in [0.29, 0.717) is 17.2 Å². The molecule has 2 aromatic carbocycles. The Bertz CT molecular complexity index is 758. The van der Waals surface area contributed by atoms with Gasteiger partial charge in [0.05, 0.1) is 11.7 Å². The smallest absolute Gasteiger partial charge is 0.197 e. The molecule has 0 amide bonds. The summed E-state index contributed by atoms with van der Waals surface area (Å²) >= 11 is 6.95. The average molecular weight is 377 g/mol. The summed E-state index contributed by atoms with van der Waals surface area (Å²) < 4.78 is 5.61. The standard InChI is InChI=1S/C19H17ClO4S/c20-14-5-3-13(4-6-14)17(22)11-24-15-7-1-12(2-8-15)9-18-16(21)10-19(23)25-18/h1-8,17-18,22H,9-11H2. The Hall–Kier alpha value is -1.82. The summed E-state index contributed by atoms with van der Waals surface area (Å²) in [5.74, 6) is 0.639. The highest BCUT2D eigenvalue weighted by molar-refractivity contribution is 8.15. The number of hydrogen-bond acceptors (Lipinski definition) is 5. The van der Waals surface area contributed by atoms with Crippen molar-refractivity contribution in [2.45, 2.75) is 24.2 Å². The number of hydrogen-bond donors (Lipinski definition) is 1. The summed E-state index contributed by atoms with van der Waals surface area (Å²) in [6.45, 7) is 0.131. The van der Waals surface area contributed by atoms with Gasteiger partial charge in [-0.1, -0.05) is 47.6 Å².